The summed E-state index contributed by atoms with van der Waals surface area (Å²) in [4.78, 5) is 23.1. The van der Waals surface area contributed by atoms with Crippen molar-refractivity contribution in [1.82, 2.24) is 0 Å². The Labute approximate surface area is 180 Å². The van der Waals surface area contributed by atoms with Gasteiger partial charge in [0.05, 0.1) is 0 Å². The highest BCUT2D eigenvalue weighted by Crippen LogP contribution is 2.32. The number of benzene rings is 2. The predicted octanol–water partition coefficient (Wildman–Crippen LogP) is 5.58. The lowest BCUT2D eigenvalue weighted by Gasteiger charge is -2.20. The summed E-state index contributed by atoms with van der Waals surface area (Å²) in [5, 5.41) is 8.63. The second-order valence-corrected chi connectivity index (χ2v) is 6.87. The minimum Gasteiger partial charge on any atom is -0.474 e. The number of carboxylic acid groups (broad SMARTS) is 1. The van der Waals surface area contributed by atoms with Crippen molar-refractivity contribution in [2.24, 2.45) is 0 Å². The van der Waals surface area contributed by atoms with Crippen molar-refractivity contribution in [2.45, 2.75) is 52.0 Å². The number of Topliss-reactive ketones (excluding diaryl/α,β-unsaturated/α-hetero) is 1. The fraction of sp³-hybridized carbons (Fsp3) is 0.364. The number of aliphatic carboxylic acids is 1. The topological polar surface area (TPSA) is 72.8 Å². The second kappa shape index (κ2) is 9.97. The van der Waals surface area contributed by atoms with Gasteiger partial charge in [-0.2, -0.15) is 8.78 Å². The fourth-order valence-corrected chi connectivity index (χ4v) is 3.04. The average Bonchev–Trinajstić information content (AvgIpc) is 2.71. The third-order valence-corrected chi connectivity index (χ3v) is 4.59. The fourth-order valence-electron chi connectivity index (χ4n) is 3.04. The number of halogens is 5. The molecule has 0 radical (unpaired) electrons. The molecule has 32 heavy (non-hydrogen) atoms. The van der Waals surface area contributed by atoms with E-state index < -0.39 is 24.2 Å². The first-order valence-corrected chi connectivity index (χ1v) is 9.70. The average molecular weight is 460 g/mol. The number of aryl methyl sites for hydroxylation is 3. The molecule has 5 nitrogen and oxygen atoms in total. The lowest BCUT2D eigenvalue weighted by atomic mass is 9.96. The lowest BCUT2D eigenvalue weighted by molar-refractivity contribution is -0.274. The van der Waals surface area contributed by atoms with E-state index in [2.05, 4.69) is 9.47 Å². The van der Waals surface area contributed by atoms with E-state index in [-0.39, 0.29) is 29.9 Å². The molecule has 0 atom stereocenters. The number of alkyl halides is 5. The molecule has 0 aliphatic carbocycles. The van der Waals surface area contributed by atoms with Gasteiger partial charge < -0.3 is 14.6 Å². The Kier molecular flexibility index (Phi) is 7.82. The summed E-state index contributed by atoms with van der Waals surface area (Å²) in [5.41, 5.74) is 1.62. The Morgan fingerprint density at radius 3 is 1.88 bits per heavy atom. The molecular weight excluding hydrogens is 439 g/mol. The molecule has 174 valence electrons. The molecule has 1 N–H and O–H groups in total. The van der Waals surface area contributed by atoms with Crippen molar-refractivity contribution in [2.75, 3.05) is 0 Å². The number of rotatable bonds is 10. The molecule has 0 aliphatic heterocycles. The first-order chi connectivity index (χ1) is 14.9. The summed E-state index contributed by atoms with van der Waals surface area (Å²) in [5.74, 6) is -3.36. The molecule has 0 aliphatic rings. The maximum atomic E-state index is 13.6. The Morgan fingerprint density at radius 1 is 0.906 bits per heavy atom. The van der Waals surface area contributed by atoms with Crippen LogP contribution in [0.1, 0.15) is 47.3 Å². The number of carbonyl (C=O) groups excluding carboxylic acids is 1. The van der Waals surface area contributed by atoms with Gasteiger partial charge in [0.1, 0.15) is 11.5 Å². The van der Waals surface area contributed by atoms with E-state index in [1.165, 1.54) is 12.1 Å². The van der Waals surface area contributed by atoms with E-state index in [1.54, 1.807) is 26.0 Å². The summed E-state index contributed by atoms with van der Waals surface area (Å²) < 4.78 is 72.1. The summed E-state index contributed by atoms with van der Waals surface area (Å²) in [6.45, 7) is 3.39. The molecule has 0 bridgehead atoms. The van der Waals surface area contributed by atoms with E-state index >= 15 is 0 Å². The van der Waals surface area contributed by atoms with Crippen molar-refractivity contribution < 1.29 is 46.1 Å². The molecule has 0 heterocycles. The van der Waals surface area contributed by atoms with E-state index in [9.17, 15) is 31.5 Å². The van der Waals surface area contributed by atoms with Gasteiger partial charge in [0, 0.05) is 12.0 Å². The van der Waals surface area contributed by atoms with Crippen LogP contribution in [0, 0.1) is 0 Å². The van der Waals surface area contributed by atoms with Gasteiger partial charge in [-0.3, -0.25) is 4.79 Å². The molecule has 0 spiro atoms. The Morgan fingerprint density at radius 2 is 1.44 bits per heavy atom. The van der Waals surface area contributed by atoms with E-state index in [1.807, 2.05) is 0 Å². The van der Waals surface area contributed by atoms with Crippen LogP contribution in [0.2, 0.25) is 0 Å². The zero-order valence-corrected chi connectivity index (χ0v) is 17.3. The number of carboxylic acids is 1. The van der Waals surface area contributed by atoms with Gasteiger partial charge in [0.15, 0.2) is 5.78 Å². The van der Waals surface area contributed by atoms with Crippen LogP contribution < -0.4 is 9.47 Å². The highest BCUT2D eigenvalue weighted by molar-refractivity contribution is 5.96. The SMILES string of the molecule is CCc1cc(CCC(=O)c2ccc(OC(F)(F)F)cc2)cc(CC)c1OC(F)(F)C(=O)O. The maximum absolute atomic E-state index is 13.6. The van der Waals surface area contributed by atoms with Crippen LogP contribution >= 0.6 is 0 Å². The van der Waals surface area contributed by atoms with Crippen LogP contribution in [-0.4, -0.2) is 29.3 Å². The molecule has 0 saturated heterocycles. The number of carbonyl (C=O) groups is 2. The zero-order chi connectivity index (χ0) is 24.1. The monoisotopic (exact) mass is 460 g/mol. The molecule has 2 aromatic rings. The second-order valence-electron chi connectivity index (χ2n) is 6.87. The third-order valence-electron chi connectivity index (χ3n) is 4.59. The third kappa shape index (κ3) is 6.66. The summed E-state index contributed by atoms with van der Waals surface area (Å²) in [7, 11) is 0. The van der Waals surface area contributed by atoms with Crippen LogP contribution in [0.4, 0.5) is 22.0 Å². The minimum atomic E-state index is -4.83. The van der Waals surface area contributed by atoms with Crippen molar-refractivity contribution in [3.05, 3.63) is 58.7 Å². The number of hydrogen-bond donors (Lipinski definition) is 1. The maximum Gasteiger partial charge on any atom is 0.573 e. The molecule has 2 rings (SSSR count). The highest BCUT2D eigenvalue weighted by atomic mass is 19.4. The van der Waals surface area contributed by atoms with Gasteiger partial charge in [-0.1, -0.05) is 26.0 Å². The first kappa shape index (κ1) is 25.1. The van der Waals surface area contributed by atoms with Gasteiger partial charge in [-0.05, 0) is 60.2 Å². The van der Waals surface area contributed by atoms with Crippen LogP contribution in [0.3, 0.4) is 0 Å². The first-order valence-electron chi connectivity index (χ1n) is 9.70. The van der Waals surface area contributed by atoms with E-state index in [0.717, 1.165) is 12.1 Å². The standard InChI is InChI=1S/C22H21F5O5/c1-3-14-11-13(12-15(4-2)19(14)32-21(23,24)20(29)30)5-10-18(28)16-6-8-17(9-7-16)31-22(25,26)27/h6-9,11-12H,3-5,10H2,1-2H3,(H,29,30). The quantitative estimate of drug-likeness (QED) is 0.370. The zero-order valence-electron chi connectivity index (χ0n) is 17.3. The number of ketones is 1. The summed E-state index contributed by atoms with van der Waals surface area (Å²) in [6.07, 6.45) is -8.36. The highest BCUT2D eigenvalue weighted by Gasteiger charge is 2.43. The molecule has 0 saturated carbocycles. The van der Waals surface area contributed by atoms with Crippen LogP contribution in [-0.2, 0) is 24.1 Å². The van der Waals surface area contributed by atoms with Crippen molar-refractivity contribution in [1.29, 1.82) is 0 Å². The van der Waals surface area contributed by atoms with Crippen molar-refractivity contribution >= 4 is 11.8 Å². The largest absolute Gasteiger partial charge is 0.573 e. The molecule has 0 unspecified atom stereocenters. The minimum absolute atomic E-state index is 0.0251. The van der Waals surface area contributed by atoms with Crippen LogP contribution in [0.25, 0.3) is 0 Å². The lowest BCUT2D eigenvalue weighted by Crippen LogP contribution is -2.35. The van der Waals surface area contributed by atoms with Gasteiger partial charge in [0.25, 0.3) is 0 Å². The summed E-state index contributed by atoms with van der Waals surface area (Å²) in [6, 6.07) is 7.67. The van der Waals surface area contributed by atoms with Crippen molar-refractivity contribution in [3.8, 4) is 11.5 Å². The van der Waals surface area contributed by atoms with Gasteiger partial charge in [0.2, 0.25) is 0 Å². The number of ether oxygens (including phenoxy) is 2. The van der Waals surface area contributed by atoms with Crippen molar-refractivity contribution in [3.63, 3.8) is 0 Å². The summed E-state index contributed by atoms with van der Waals surface area (Å²) >= 11 is 0. The molecular formula is C22H21F5O5. The molecule has 0 amide bonds. The van der Waals surface area contributed by atoms with Crippen LogP contribution in [0.5, 0.6) is 11.5 Å². The normalized spacial score (nSPS) is 11.8. The molecule has 0 fully saturated rings. The number of hydrogen-bond acceptors (Lipinski definition) is 4. The van der Waals surface area contributed by atoms with E-state index in [0.29, 0.717) is 29.5 Å². The van der Waals surface area contributed by atoms with E-state index in [4.69, 9.17) is 5.11 Å². The Hall–Kier alpha value is -3.17. The smallest absolute Gasteiger partial charge is 0.474 e. The van der Waals surface area contributed by atoms with Crippen LogP contribution in [0.15, 0.2) is 36.4 Å². The molecule has 10 heteroatoms. The Bertz CT molecular complexity index is 943. The Balaban J connectivity index is 2.16. The van der Waals surface area contributed by atoms with Gasteiger partial charge in [-0.25, -0.2) is 4.79 Å². The molecule has 2 aromatic carbocycles. The van der Waals surface area contributed by atoms with Gasteiger partial charge in [-0.15, -0.1) is 13.2 Å². The van der Waals surface area contributed by atoms with Gasteiger partial charge >= 0.3 is 18.4 Å². The molecule has 0 aromatic heterocycles. The predicted molar refractivity (Wildman–Crippen MR) is 104 cm³/mol.